The number of carbonyl (C=O) groups is 1. The summed E-state index contributed by atoms with van der Waals surface area (Å²) in [5, 5.41) is 11.5. The third kappa shape index (κ3) is 8.42. The van der Waals surface area contributed by atoms with Crippen LogP contribution in [0.5, 0.6) is 0 Å². The maximum absolute atomic E-state index is 14.1. The highest BCUT2D eigenvalue weighted by atomic mass is 127. The number of carbonyl (C=O) groups excluding carboxylic acids is 1. The number of rotatable bonds is 3. The average Bonchev–Trinajstić information content (AvgIpc) is 3.78. The van der Waals surface area contributed by atoms with Gasteiger partial charge < -0.3 is 43.0 Å². The largest absolute Gasteiger partial charge is 0.393 e. The van der Waals surface area contributed by atoms with Crippen molar-refractivity contribution in [3.05, 3.63) is 24.3 Å². The van der Waals surface area contributed by atoms with Crippen LogP contribution in [0.4, 0.5) is 0 Å². The Hall–Kier alpha value is -0.480. The number of fused-ring (bicyclic) bond motifs is 8. The highest BCUT2D eigenvalue weighted by molar-refractivity contribution is 14.1. The van der Waals surface area contributed by atoms with E-state index in [1.165, 1.54) is 0 Å². The first-order valence-electron chi connectivity index (χ1n) is 20.7. The van der Waals surface area contributed by atoms with Crippen molar-refractivity contribution in [2.24, 2.45) is 17.8 Å². The van der Waals surface area contributed by atoms with E-state index in [2.05, 4.69) is 56.5 Å². The van der Waals surface area contributed by atoms with Gasteiger partial charge in [0.1, 0.15) is 18.0 Å². The lowest BCUT2D eigenvalue weighted by atomic mass is 9.78. The van der Waals surface area contributed by atoms with Crippen molar-refractivity contribution in [1.82, 2.24) is 0 Å². The second-order valence-electron chi connectivity index (χ2n) is 18.2. The molecule has 8 heterocycles. The van der Waals surface area contributed by atoms with Crippen LogP contribution < -0.4 is 0 Å². The minimum absolute atomic E-state index is 0.00161. The van der Waals surface area contributed by atoms with Crippen LogP contribution in [0.15, 0.2) is 24.3 Å². The number of aliphatic hydroxyl groups is 1. The van der Waals surface area contributed by atoms with Crippen molar-refractivity contribution in [3.63, 3.8) is 0 Å². The molecule has 0 radical (unpaired) electrons. The molecule has 9 bridgehead atoms. The molecule has 53 heavy (non-hydrogen) atoms. The van der Waals surface area contributed by atoms with E-state index < -0.39 is 11.7 Å². The van der Waals surface area contributed by atoms with Gasteiger partial charge in [0.05, 0.1) is 89.4 Å². The number of alkyl halides is 1. The minimum atomic E-state index is -0.571. The van der Waals surface area contributed by atoms with Crippen LogP contribution in [-0.4, -0.2) is 120 Å². The Bertz CT molecular complexity index is 1360. The van der Waals surface area contributed by atoms with Gasteiger partial charge in [-0.2, -0.15) is 0 Å². The molecular formula is C42H63IO10. The molecule has 8 fully saturated rings. The van der Waals surface area contributed by atoms with Gasteiger partial charge >= 0.3 is 0 Å². The molecule has 8 aliphatic heterocycles. The fraction of sp³-hybridized carbons (Fsp3) is 0.881. The van der Waals surface area contributed by atoms with E-state index in [-0.39, 0.29) is 101 Å². The standard InChI is InChI=1S/C42H63IO10/c1-21-13-26-7-9-32-22(2)14-28(48-32)11-12-42(5)19-31(45)24(4)38-37(43)41(53-42)40-33(52-38)10-8-27(50-40)15-25(44)16-30-35(18-34(49-26)23(21)3)51-36(39(30)46-6)17-29-20-47-29/h21,24,26-41,45H,2-3,7-20H2,1,4-6H3/t21-,24?,26+,27?,28?,29?,30?,31-,32+,33?,34-,35?,36-,37?,38+,39-,40+,41?,42+/m1/s1. The SMILES string of the molecule is C=C1CC2CC[C@@]3(C)C[C@@H](O)C(C)[C@@H]4OC5CCC(CC(=O)CC6C(C[C@H]7O[C@@H](CC[C@@H]1O2)C[C@@H](C)C7=C)O[C@H](CC1CO1)[C@@H]6OC)O[C@@H]5C(O3)C4I. The Balaban J connectivity index is 1.07. The molecule has 8 rings (SSSR count). The van der Waals surface area contributed by atoms with Gasteiger partial charge in [-0.25, -0.2) is 0 Å². The zero-order valence-corrected chi connectivity index (χ0v) is 34.4. The van der Waals surface area contributed by atoms with Crippen LogP contribution in [-0.2, 0) is 42.7 Å². The van der Waals surface area contributed by atoms with Crippen LogP contribution in [0.2, 0.25) is 0 Å². The monoisotopic (exact) mass is 854 g/mol. The summed E-state index contributed by atoms with van der Waals surface area (Å²) >= 11 is 2.47. The summed E-state index contributed by atoms with van der Waals surface area (Å²) in [6.07, 6.45) is 7.38. The maximum atomic E-state index is 14.1. The molecule has 10 nitrogen and oxygen atoms in total. The molecule has 0 saturated carbocycles. The smallest absolute Gasteiger partial charge is 0.135 e. The second kappa shape index (κ2) is 16.0. The Morgan fingerprint density at radius 2 is 1.62 bits per heavy atom. The van der Waals surface area contributed by atoms with Crippen molar-refractivity contribution < 1.29 is 47.8 Å². The van der Waals surface area contributed by atoms with Crippen LogP contribution in [0, 0.1) is 17.8 Å². The maximum Gasteiger partial charge on any atom is 0.135 e. The van der Waals surface area contributed by atoms with E-state index in [1.807, 2.05) is 0 Å². The molecular weight excluding hydrogens is 791 g/mol. The molecule has 8 saturated heterocycles. The third-order valence-corrected chi connectivity index (χ3v) is 15.6. The summed E-state index contributed by atoms with van der Waals surface area (Å²) in [5.41, 5.74) is 1.69. The van der Waals surface area contributed by atoms with Crippen molar-refractivity contribution in [2.45, 2.75) is 199 Å². The van der Waals surface area contributed by atoms with Crippen molar-refractivity contribution >= 4 is 28.4 Å². The van der Waals surface area contributed by atoms with Gasteiger partial charge in [0.15, 0.2) is 0 Å². The van der Waals surface area contributed by atoms with Gasteiger partial charge in [0.2, 0.25) is 0 Å². The van der Waals surface area contributed by atoms with E-state index in [9.17, 15) is 9.90 Å². The number of aliphatic hydroxyl groups excluding tert-OH is 1. The molecule has 0 aromatic heterocycles. The summed E-state index contributed by atoms with van der Waals surface area (Å²) in [6.45, 7) is 16.2. The predicted octanol–water partition coefficient (Wildman–Crippen LogP) is 6.21. The number of ether oxygens (including phenoxy) is 8. The summed E-state index contributed by atoms with van der Waals surface area (Å²) in [4.78, 5) is 14.1. The number of hydrogen-bond donors (Lipinski definition) is 1. The number of epoxide rings is 1. The molecule has 0 aromatic carbocycles. The zero-order chi connectivity index (χ0) is 37.2. The van der Waals surface area contributed by atoms with Crippen molar-refractivity contribution in [2.75, 3.05) is 13.7 Å². The van der Waals surface area contributed by atoms with Gasteiger partial charge in [0.25, 0.3) is 0 Å². The van der Waals surface area contributed by atoms with Crippen molar-refractivity contribution in [1.29, 1.82) is 0 Å². The molecule has 0 aromatic rings. The highest BCUT2D eigenvalue weighted by Crippen LogP contribution is 2.47. The van der Waals surface area contributed by atoms with Crippen LogP contribution >= 0.6 is 22.6 Å². The van der Waals surface area contributed by atoms with E-state index in [4.69, 9.17) is 37.9 Å². The number of methoxy groups -OCH3 is 1. The lowest BCUT2D eigenvalue weighted by Crippen LogP contribution is -2.65. The first-order valence-corrected chi connectivity index (χ1v) is 21.9. The molecule has 0 spiro atoms. The highest BCUT2D eigenvalue weighted by Gasteiger charge is 2.55. The quantitative estimate of drug-likeness (QED) is 0.152. The van der Waals surface area contributed by atoms with E-state index in [0.717, 1.165) is 75.5 Å². The van der Waals surface area contributed by atoms with Gasteiger partial charge in [-0.3, -0.25) is 4.79 Å². The van der Waals surface area contributed by atoms with Crippen LogP contribution in [0.1, 0.15) is 104 Å². The first kappa shape index (κ1) is 39.4. The van der Waals surface area contributed by atoms with E-state index in [0.29, 0.717) is 31.6 Å². The number of ketones is 1. The zero-order valence-electron chi connectivity index (χ0n) is 32.2. The van der Waals surface area contributed by atoms with Gasteiger partial charge in [-0.1, -0.05) is 49.6 Å². The van der Waals surface area contributed by atoms with Crippen molar-refractivity contribution in [3.8, 4) is 0 Å². The summed E-state index contributed by atoms with van der Waals surface area (Å²) in [6, 6.07) is 0. The van der Waals surface area contributed by atoms with E-state index in [1.54, 1.807) is 7.11 Å². The molecule has 8 aliphatic rings. The van der Waals surface area contributed by atoms with Gasteiger partial charge in [0, 0.05) is 51.0 Å². The molecule has 0 amide bonds. The molecule has 19 atom stereocenters. The number of Topliss-reactive ketones (excluding diaryl/α,β-unsaturated/α-hetero) is 1. The number of hydrogen-bond acceptors (Lipinski definition) is 10. The van der Waals surface area contributed by atoms with E-state index >= 15 is 0 Å². The summed E-state index contributed by atoms with van der Waals surface area (Å²) < 4.78 is 52.9. The lowest BCUT2D eigenvalue weighted by Gasteiger charge is -2.54. The summed E-state index contributed by atoms with van der Waals surface area (Å²) in [7, 11) is 1.74. The number of halogens is 1. The summed E-state index contributed by atoms with van der Waals surface area (Å²) in [5.74, 6) is 0.343. The molecule has 11 heteroatoms. The van der Waals surface area contributed by atoms with Crippen LogP contribution in [0.25, 0.3) is 0 Å². The first-order chi connectivity index (χ1) is 25.4. The Kier molecular flexibility index (Phi) is 11.9. The fourth-order valence-electron chi connectivity index (χ4n) is 10.9. The lowest BCUT2D eigenvalue weighted by molar-refractivity contribution is -0.276. The van der Waals surface area contributed by atoms with Gasteiger partial charge in [-0.05, 0) is 75.4 Å². The Labute approximate surface area is 329 Å². The second-order valence-corrected chi connectivity index (χ2v) is 19.6. The third-order valence-electron chi connectivity index (χ3n) is 14.2. The molecule has 0 aliphatic carbocycles. The Morgan fingerprint density at radius 1 is 0.868 bits per heavy atom. The molecule has 9 unspecified atom stereocenters. The topological polar surface area (TPSA) is 114 Å². The Morgan fingerprint density at radius 3 is 2.40 bits per heavy atom. The fourth-order valence-corrected chi connectivity index (χ4v) is 12.3. The van der Waals surface area contributed by atoms with Gasteiger partial charge in [-0.15, -0.1) is 0 Å². The van der Waals surface area contributed by atoms with Crippen LogP contribution in [0.3, 0.4) is 0 Å². The molecule has 1 N–H and O–H groups in total. The molecule has 298 valence electrons. The average molecular weight is 855 g/mol. The normalized spacial score (nSPS) is 52.3. The minimum Gasteiger partial charge on any atom is -0.393 e. The predicted molar refractivity (Wildman–Crippen MR) is 206 cm³/mol.